The van der Waals surface area contributed by atoms with Gasteiger partial charge in [-0.3, -0.25) is 4.79 Å². The number of aliphatic carboxylic acids is 1. The molecule has 0 aliphatic carbocycles. The number of hydrogen-bond acceptors (Lipinski definition) is 3. The maximum absolute atomic E-state index is 10.9. The highest BCUT2D eigenvalue weighted by atomic mass is 16.4. The van der Waals surface area contributed by atoms with E-state index in [1.807, 2.05) is 0 Å². The van der Waals surface area contributed by atoms with Gasteiger partial charge < -0.3 is 15.9 Å². The van der Waals surface area contributed by atoms with Crippen LogP contribution in [0.5, 0.6) is 0 Å². The molecular formula is C21H35NO3. The number of aliphatic hydroxyl groups is 1. The lowest BCUT2D eigenvalue weighted by atomic mass is 9.84. The summed E-state index contributed by atoms with van der Waals surface area (Å²) in [7, 11) is 0. The molecule has 1 aromatic rings. The van der Waals surface area contributed by atoms with Crippen LogP contribution in [0.1, 0.15) is 65.0 Å². The second-order valence-corrected chi connectivity index (χ2v) is 8.37. The molecule has 1 aromatic carbocycles. The number of hydrogen-bond donors (Lipinski definition) is 3. The smallest absolute Gasteiger partial charge is 0.306 e. The van der Waals surface area contributed by atoms with Crippen molar-refractivity contribution in [3.05, 3.63) is 35.4 Å². The van der Waals surface area contributed by atoms with Crippen LogP contribution in [0.2, 0.25) is 0 Å². The van der Waals surface area contributed by atoms with Gasteiger partial charge in [0.05, 0.1) is 12.0 Å². The number of benzene rings is 1. The summed E-state index contributed by atoms with van der Waals surface area (Å²) in [6.07, 6.45) is 2.03. The molecule has 0 heterocycles. The van der Waals surface area contributed by atoms with E-state index in [9.17, 15) is 9.90 Å². The van der Waals surface area contributed by atoms with E-state index in [4.69, 9.17) is 10.8 Å². The fourth-order valence-electron chi connectivity index (χ4n) is 3.05. The first-order valence-electron chi connectivity index (χ1n) is 9.30. The van der Waals surface area contributed by atoms with Gasteiger partial charge >= 0.3 is 5.97 Å². The van der Waals surface area contributed by atoms with Crippen molar-refractivity contribution in [1.82, 2.24) is 0 Å². The van der Waals surface area contributed by atoms with E-state index in [1.165, 1.54) is 11.1 Å². The van der Waals surface area contributed by atoms with E-state index in [0.29, 0.717) is 12.3 Å². The predicted octanol–water partition coefficient (Wildman–Crippen LogP) is 3.74. The first-order chi connectivity index (χ1) is 11.5. The number of carboxylic acids is 1. The molecule has 1 rings (SSSR count). The molecule has 0 spiro atoms. The Balaban J connectivity index is 2.62. The third-order valence-electron chi connectivity index (χ3n) is 5.04. The van der Waals surface area contributed by atoms with Gasteiger partial charge in [-0.25, -0.2) is 0 Å². The van der Waals surface area contributed by atoms with E-state index in [1.54, 1.807) is 6.92 Å². The van der Waals surface area contributed by atoms with E-state index in [0.717, 1.165) is 12.8 Å². The van der Waals surface area contributed by atoms with Crippen LogP contribution in [0.4, 0.5) is 0 Å². The van der Waals surface area contributed by atoms with E-state index < -0.39 is 18.0 Å². The number of carboxylic acid groups (broad SMARTS) is 1. The minimum Gasteiger partial charge on any atom is -0.481 e. The van der Waals surface area contributed by atoms with Crippen LogP contribution in [0.15, 0.2) is 24.3 Å². The van der Waals surface area contributed by atoms with Gasteiger partial charge in [0, 0.05) is 6.04 Å². The third-order valence-corrected chi connectivity index (χ3v) is 5.04. The van der Waals surface area contributed by atoms with Crippen LogP contribution in [-0.2, 0) is 16.6 Å². The van der Waals surface area contributed by atoms with E-state index in [2.05, 4.69) is 52.0 Å². The summed E-state index contributed by atoms with van der Waals surface area (Å²) in [6.45, 7) is 10.3. The van der Waals surface area contributed by atoms with Gasteiger partial charge in [0.2, 0.25) is 0 Å². The topological polar surface area (TPSA) is 83.5 Å². The third kappa shape index (κ3) is 7.17. The molecule has 0 saturated carbocycles. The molecule has 0 fully saturated rings. The van der Waals surface area contributed by atoms with Gasteiger partial charge in [0.25, 0.3) is 0 Å². The number of aliphatic hydroxyl groups excluding tert-OH is 1. The summed E-state index contributed by atoms with van der Waals surface area (Å²) in [6, 6.07) is 8.34. The monoisotopic (exact) mass is 349 g/mol. The molecule has 0 amide bonds. The van der Waals surface area contributed by atoms with Crippen molar-refractivity contribution in [3.8, 4) is 0 Å². The Morgan fingerprint density at radius 3 is 2.16 bits per heavy atom. The Bertz CT molecular complexity index is 533. The fraction of sp³-hybridized carbons (Fsp3) is 0.667. The fourth-order valence-corrected chi connectivity index (χ4v) is 3.05. The quantitative estimate of drug-likeness (QED) is 0.634. The maximum Gasteiger partial charge on any atom is 0.306 e. The van der Waals surface area contributed by atoms with Crippen LogP contribution < -0.4 is 5.73 Å². The van der Waals surface area contributed by atoms with Crippen molar-refractivity contribution in [3.63, 3.8) is 0 Å². The van der Waals surface area contributed by atoms with Crippen molar-refractivity contribution in [2.75, 3.05) is 0 Å². The average Bonchev–Trinajstić information content (AvgIpc) is 2.53. The summed E-state index contributed by atoms with van der Waals surface area (Å²) >= 11 is 0. The molecule has 142 valence electrons. The largest absolute Gasteiger partial charge is 0.481 e. The van der Waals surface area contributed by atoms with Gasteiger partial charge in [-0.15, -0.1) is 0 Å². The second kappa shape index (κ2) is 9.35. The van der Waals surface area contributed by atoms with Crippen molar-refractivity contribution < 1.29 is 15.0 Å². The molecule has 0 radical (unpaired) electrons. The summed E-state index contributed by atoms with van der Waals surface area (Å²) in [5, 5.41) is 19.1. The van der Waals surface area contributed by atoms with E-state index in [-0.39, 0.29) is 17.9 Å². The van der Waals surface area contributed by atoms with Gasteiger partial charge in [-0.2, -0.15) is 0 Å². The second-order valence-electron chi connectivity index (χ2n) is 8.37. The molecular weight excluding hydrogens is 314 g/mol. The molecule has 4 heteroatoms. The Labute approximate surface area is 152 Å². The Morgan fingerprint density at radius 2 is 1.72 bits per heavy atom. The molecule has 4 nitrogen and oxygen atoms in total. The van der Waals surface area contributed by atoms with Gasteiger partial charge in [-0.05, 0) is 41.7 Å². The number of rotatable bonds is 9. The lowest BCUT2D eigenvalue weighted by Crippen LogP contribution is -2.38. The molecule has 0 saturated heterocycles. The SMILES string of the molecule is CC[C@@H](Cc1ccc(C(C)(C)C)cc1)C[C@H](N)[C@@H](O)CC(C)C(=O)O. The summed E-state index contributed by atoms with van der Waals surface area (Å²) in [5.41, 5.74) is 8.88. The zero-order valence-corrected chi connectivity index (χ0v) is 16.3. The highest BCUT2D eigenvalue weighted by molar-refractivity contribution is 5.69. The molecule has 1 unspecified atom stereocenters. The Kier molecular flexibility index (Phi) is 8.10. The lowest BCUT2D eigenvalue weighted by Gasteiger charge is -2.25. The van der Waals surface area contributed by atoms with E-state index >= 15 is 0 Å². The first kappa shape index (κ1) is 21.7. The Morgan fingerprint density at radius 1 is 1.16 bits per heavy atom. The molecule has 4 atom stereocenters. The van der Waals surface area contributed by atoms with Crippen LogP contribution in [-0.4, -0.2) is 28.3 Å². The molecule has 0 aliphatic heterocycles. The molecule has 0 aromatic heterocycles. The van der Waals surface area contributed by atoms with Crippen molar-refractivity contribution >= 4 is 5.97 Å². The van der Waals surface area contributed by atoms with Crippen molar-refractivity contribution in [1.29, 1.82) is 0 Å². The van der Waals surface area contributed by atoms with Gasteiger partial charge in [0.15, 0.2) is 0 Å². The van der Waals surface area contributed by atoms with Crippen LogP contribution in [0.25, 0.3) is 0 Å². The van der Waals surface area contributed by atoms with Crippen molar-refractivity contribution in [2.24, 2.45) is 17.6 Å². The zero-order valence-electron chi connectivity index (χ0n) is 16.3. The predicted molar refractivity (Wildman–Crippen MR) is 103 cm³/mol. The molecule has 0 bridgehead atoms. The maximum atomic E-state index is 10.9. The summed E-state index contributed by atoms with van der Waals surface area (Å²) in [5.74, 6) is -1.09. The zero-order chi connectivity index (χ0) is 19.2. The standard InChI is InChI=1S/C21H35NO3/c1-6-15(13-18(22)19(23)11-14(2)20(24)25)12-16-7-9-17(10-8-16)21(3,4)5/h7-10,14-15,18-19,23H,6,11-13,22H2,1-5H3,(H,24,25)/t14?,15-,18-,19-/m0/s1. The first-order valence-corrected chi connectivity index (χ1v) is 9.30. The number of carbonyl (C=O) groups is 1. The van der Waals surface area contributed by atoms with Crippen molar-refractivity contribution in [2.45, 2.75) is 77.9 Å². The molecule has 0 aliphatic rings. The average molecular weight is 350 g/mol. The highest BCUT2D eigenvalue weighted by Crippen LogP contribution is 2.25. The molecule has 4 N–H and O–H groups in total. The summed E-state index contributed by atoms with van der Waals surface area (Å²) in [4.78, 5) is 10.9. The highest BCUT2D eigenvalue weighted by Gasteiger charge is 2.24. The normalized spacial score (nSPS) is 16.9. The summed E-state index contributed by atoms with van der Waals surface area (Å²) < 4.78 is 0. The van der Waals surface area contributed by atoms with Gasteiger partial charge in [0.1, 0.15) is 0 Å². The Hall–Kier alpha value is -1.39. The van der Waals surface area contributed by atoms with Gasteiger partial charge in [-0.1, -0.05) is 65.3 Å². The van der Waals surface area contributed by atoms with Crippen LogP contribution >= 0.6 is 0 Å². The lowest BCUT2D eigenvalue weighted by molar-refractivity contribution is -0.142. The number of nitrogens with two attached hydrogens (primary N) is 1. The van der Waals surface area contributed by atoms with Crippen LogP contribution in [0.3, 0.4) is 0 Å². The molecule has 25 heavy (non-hydrogen) atoms. The van der Waals surface area contributed by atoms with Crippen LogP contribution in [0, 0.1) is 11.8 Å². The minimum atomic E-state index is -0.891. The minimum absolute atomic E-state index is 0.149.